The van der Waals surface area contributed by atoms with Crippen molar-refractivity contribution >= 4 is 28.8 Å². The molecule has 1 N–H and O–H groups in total. The van der Waals surface area contributed by atoms with Gasteiger partial charge in [0.15, 0.2) is 0 Å². The maximum absolute atomic E-state index is 12.5. The third-order valence-corrected chi connectivity index (χ3v) is 5.84. The topological polar surface area (TPSA) is 41.6 Å². The monoisotopic (exact) mass is 378 g/mol. The van der Waals surface area contributed by atoms with Crippen LogP contribution in [0.5, 0.6) is 5.75 Å². The molecule has 4 nitrogen and oxygen atoms in total. The van der Waals surface area contributed by atoms with Crippen LogP contribution in [0.15, 0.2) is 35.7 Å². The summed E-state index contributed by atoms with van der Waals surface area (Å²) in [5, 5.41) is 5.62. The second-order valence-corrected chi connectivity index (χ2v) is 7.57. The fraction of sp³-hybridized carbons (Fsp3) is 0.421. The maximum Gasteiger partial charge on any atom is 0.251 e. The van der Waals surface area contributed by atoms with Gasteiger partial charge in [-0.3, -0.25) is 9.69 Å². The minimum absolute atomic E-state index is 0.108. The SMILES string of the molecule is COc1ccc(C(=O)NC[C@@H](c2cccs2)N2CCCCC2)cc1Cl. The first-order chi connectivity index (χ1) is 12.2. The summed E-state index contributed by atoms with van der Waals surface area (Å²) in [4.78, 5) is 16.3. The van der Waals surface area contributed by atoms with Crippen LogP contribution in [0.1, 0.15) is 40.5 Å². The molecular weight excluding hydrogens is 356 g/mol. The van der Waals surface area contributed by atoms with E-state index >= 15 is 0 Å². The molecule has 1 aliphatic rings. The molecule has 6 heteroatoms. The lowest BCUT2D eigenvalue weighted by Crippen LogP contribution is -2.40. The predicted octanol–water partition coefficient (Wildman–Crippen LogP) is 4.37. The average Bonchev–Trinajstić information content (AvgIpc) is 3.17. The minimum Gasteiger partial charge on any atom is -0.495 e. The van der Waals surface area contributed by atoms with Gasteiger partial charge in [-0.1, -0.05) is 24.1 Å². The highest BCUT2D eigenvalue weighted by Crippen LogP contribution is 2.28. The number of benzene rings is 1. The summed E-state index contributed by atoms with van der Waals surface area (Å²) in [6.07, 6.45) is 3.75. The van der Waals surface area contributed by atoms with Gasteiger partial charge in [-0.2, -0.15) is 0 Å². The Balaban J connectivity index is 1.68. The molecule has 0 radical (unpaired) electrons. The van der Waals surface area contributed by atoms with Crippen molar-refractivity contribution in [2.24, 2.45) is 0 Å². The number of carbonyl (C=O) groups excluding carboxylic acids is 1. The van der Waals surface area contributed by atoms with E-state index in [0.29, 0.717) is 22.9 Å². The summed E-state index contributed by atoms with van der Waals surface area (Å²) in [6.45, 7) is 2.78. The number of ether oxygens (including phenoxy) is 1. The van der Waals surface area contributed by atoms with E-state index < -0.39 is 0 Å². The number of hydrogen-bond acceptors (Lipinski definition) is 4. The number of halogens is 1. The molecule has 0 aliphatic carbocycles. The lowest BCUT2D eigenvalue weighted by Gasteiger charge is -2.34. The van der Waals surface area contributed by atoms with Crippen molar-refractivity contribution in [1.82, 2.24) is 10.2 Å². The fourth-order valence-corrected chi connectivity index (χ4v) is 4.34. The number of nitrogens with zero attached hydrogens (tertiary/aromatic N) is 1. The van der Waals surface area contributed by atoms with Gasteiger partial charge in [-0.15, -0.1) is 11.3 Å². The molecule has 1 amide bonds. The first kappa shape index (κ1) is 18.2. The van der Waals surface area contributed by atoms with E-state index in [-0.39, 0.29) is 11.9 Å². The zero-order valence-electron chi connectivity index (χ0n) is 14.3. The molecular formula is C19H23ClN2O2S. The molecule has 1 atom stereocenters. The van der Waals surface area contributed by atoms with Gasteiger partial charge in [-0.05, 0) is 55.6 Å². The number of carbonyl (C=O) groups is 1. The Morgan fingerprint density at radius 2 is 2.12 bits per heavy atom. The van der Waals surface area contributed by atoms with E-state index in [1.165, 1.54) is 24.1 Å². The second-order valence-electron chi connectivity index (χ2n) is 6.19. The van der Waals surface area contributed by atoms with Crippen LogP contribution in [-0.2, 0) is 0 Å². The number of hydrogen-bond donors (Lipinski definition) is 1. The molecule has 0 saturated carbocycles. The van der Waals surface area contributed by atoms with E-state index in [1.807, 2.05) is 0 Å². The Bertz CT molecular complexity index is 699. The largest absolute Gasteiger partial charge is 0.495 e. The molecule has 1 aliphatic heterocycles. The summed E-state index contributed by atoms with van der Waals surface area (Å²) in [6, 6.07) is 9.57. The van der Waals surface area contributed by atoms with Gasteiger partial charge in [0.05, 0.1) is 18.2 Å². The normalized spacial score (nSPS) is 16.4. The standard InChI is InChI=1S/C19H23ClN2O2S/c1-24-17-8-7-14(12-15(17)20)19(23)21-13-16(18-6-5-11-25-18)22-9-3-2-4-10-22/h5-8,11-12,16H,2-4,9-10,13H2,1H3,(H,21,23)/t16-/m0/s1. The van der Waals surface area contributed by atoms with Crippen LogP contribution < -0.4 is 10.1 Å². The van der Waals surface area contributed by atoms with Crippen molar-refractivity contribution in [3.8, 4) is 5.75 Å². The highest BCUT2D eigenvalue weighted by Gasteiger charge is 2.23. The van der Waals surface area contributed by atoms with E-state index in [2.05, 4.69) is 27.7 Å². The molecule has 3 rings (SSSR count). The zero-order chi connectivity index (χ0) is 17.6. The molecule has 2 aromatic rings. The van der Waals surface area contributed by atoms with E-state index in [9.17, 15) is 4.79 Å². The summed E-state index contributed by atoms with van der Waals surface area (Å²) in [5.74, 6) is 0.464. The molecule has 2 heterocycles. The molecule has 1 saturated heterocycles. The molecule has 134 valence electrons. The van der Waals surface area contributed by atoms with Crippen molar-refractivity contribution in [3.05, 3.63) is 51.2 Å². The molecule has 1 aromatic carbocycles. The van der Waals surface area contributed by atoms with Crippen molar-refractivity contribution in [3.63, 3.8) is 0 Å². The number of amides is 1. The third kappa shape index (κ3) is 4.54. The van der Waals surface area contributed by atoms with Crippen molar-refractivity contribution < 1.29 is 9.53 Å². The van der Waals surface area contributed by atoms with Gasteiger partial charge in [0.1, 0.15) is 5.75 Å². The van der Waals surface area contributed by atoms with Crippen molar-refractivity contribution in [1.29, 1.82) is 0 Å². The molecule has 0 spiro atoms. The van der Waals surface area contributed by atoms with Gasteiger partial charge in [-0.25, -0.2) is 0 Å². The minimum atomic E-state index is -0.108. The average molecular weight is 379 g/mol. The van der Waals surface area contributed by atoms with E-state index in [0.717, 1.165) is 13.1 Å². The summed E-state index contributed by atoms with van der Waals surface area (Å²) < 4.78 is 5.14. The number of methoxy groups -OCH3 is 1. The number of piperidine rings is 1. The Kier molecular flexibility index (Phi) is 6.34. The van der Waals surface area contributed by atoms with Crippen LogP contribution in [0, 0.1) is 0 Å². The number of nitrogens with one attached hydrogen (secondary N) is 1. The van der Waals surface area contributed by atoms with Crippen LogP contribution in [-0.4, -0.2) is 37.6 Å². The molecule has 0 bridgehead atoms. The highest BCUT2D eigenvalue weighted by atomic mass is 35.5. The van der Waals surface area contributed by atoms with Gasteiger partial charge in [0, 0.05) is 17.0 Å². The lowest BCUT2D eigenvalue weighted by atomic mass is 10.1. The van der Waals surface area contributed by atoms with Crippen LogP contribution in [0.2, 0.25) is 5.02 Å². The van der Waals surface area contributed by atoms with Crippen LogP contribution in [0.25, 0.3) is 0 Å². The Labute approximate surface area is 157 Å². The van der Waals surface area contributed by atoms with Crippen molar-refractivity contribution in [2.45, 2.75) is 25.3 Å². The van der Waals surface area contributed by atoms with E-state index in [4.69, 9.17) is 16.3 Å². The first-order valence-electron chi connectivity index (χ1n) is 8.58. The van der Waals surface area contributed by atoms with Crippen LogP contribution >= 0.6 is 22.9 Å². The predicted molar refractivity (Wildman–Crippen MR) is 103 cm³/mol. The first-order valence-corrected chi connectivity index (χ1v) is 9.84. The molecule has 0 unspecified atom stereocenters. The summed E-state index contributed by atoms with van der Waals surface area (Å²) in [7, 11) is 1.56. The Morgan fingerprint density at radius 1 is 1.32 bits per heavy atom. The number of likely N-dealkylation sites (tertiary alicyclic amines) is 1. The fourth-order valence-electron chi connectivity index (χ4n) is 3.22. The van der Waals surface area contributed by atoms with Gasteiger partial charge >= 0.3 is 0 Å². The zero-order valence-corrected chi connectivity index (χ0v) is 15.9. The maximum atomic E-state index is 12.5. The molecule has 25 heavy (non-hydrogen) atoms. The Hall–Kier alpha value is -1.56. The van der Waals surface area contributed by atoms with Crippen LogP contribution in [0.4, 0.5) is 0 Å². The number of thiophene rings is 1. The second kappa shape index (κ2) is 8.70. The Morgan fingerprint density at radius 3 is 2.76 bits per heavy atom. The van der Waals surface area contributed by atoms with Gasteiger partial charge < -0.3 is 10.1 Å². The third-order valence-electron chi connectivity index (χ3n) is 4.57. The van der Waals surface area contributed by atoms with Gasteiger partial charge in [0.25, 0.3) is 5.91 Å². The summed E-state index contributed by atoms with van der Waals surface area (Å²) >= 11 is 7.88. The molecule has 1 aromatic heterocycles. The van der Waals surface area contributed by atoms with Gasteiger partial charge in [0.2, 0.25) is 0 Å². The summed E-state index contributed by atoms with van der Waals surface area (Å²) in [5.41, 5.74) is 0.550. The number of rotatable bonds is 6. The van der Waals surface area contributed by atoms with E-state index in [1.54, 1.807) is 36.6 Å². The smallest absolute Gasteiger partial charge is 0.251 e. The lowest BCUT2D eigenvalue weighted by molar-refractivity contribution is 0.0925. The van der Waals surface area contributed by atoms with Crippen molar-refractivity contribution in [2.75, 3.05) is 26.7 Å². The molecule has 1 fully saturated rings. The van der Waals surface area contributed by atoms with Crippen LogP contribution in [0.3, 0.4) is 0 Å². The quantitative estimate of drug-likeness (QED) is 0.811. The highest BCUT2D eigenvalue weighted by molar-refractivity contribution is 7.10.